The third-order valence-corrected chi connectivity index (χ3v) is 3.17. The molecule has 0 heterocycles. The highest BCUT2D eigenvalue weighted by molar-refractivity contribution is 5.87. The number of esters is 1. The van der Waals surface area contributed by atoms with Gasteiger partial charge in [-0.05, 0) is 38.0 Å². The molecule has 0 aromatic heterocycles. The zero-order chi connectivity index (χ0) is 10.7. The summed E-state index contributed by atoms with van der Waals surface area (Å²) in [5.74, 6) is 1.18. The lowest BCUT2D eigenvalue weighted by molar-refractivity contribution is -0.146. The molecule has 1 aliphatic rings. The standard InChI is InChI=1S/C12H20O2/c1-8(2)12(13)14-11-6-5-9(3)10(4)7-11/h9-11H,1,5-7H2,2-4H3/t9-,10?,11?/m0/s1. The number of ether oxygens (including phenoxy) is 1. The van der Waals surface area contributed by atoms with Gasteiger partial charge < -0.3 is 4.74 Å². The highest BCUT2D eigenvalue weighted by Crippen LogP contribution is 2.31. The van der Waals surface area contributed by atoms with Crippen molar-refractivity contribution in [2.24, 2.45) is 11.8 Å². The monoisotopic (exact) mass is 196 g/mol. The Labute approximate surface area is 86.3 Å². The van der Waals surface area contributed by atoms with E-state index in [1.54, 1.807) is 6.92 Å². The molecule has 1 aliphatic carbocycles. The van der Waals surface area contributed by atoms with Crippen molar-refractivity contribution in [3.63, 3.8) is 0 Å². The molecular weight excluding hydrogens is 176 g/mol. The molecular formula is C12H20O2. The Hall–Kier alpha value is -0.790. The van der Waals surface area contributed by atoms with E-state index in [0.717, 1.165) is 25.2 Å². The lowest BCUT2D eigenvalue weighted by Gasteiger charge is -2.31. The minimum absolute atomic E-state index is 0.116. The van der Waals surface area contributed by atoms with Crippen LogP contribution in [0.5, 0.6) is 0 Å². The Morgan fingerprint density at radius 1 is 1.29 bits per heavy atom. The fraction of sp³-hybridized carbons (Fsp3) is 0.750. The van der Waals surface area contributed by atoms with Crippen LogP contribution in [0, 0.1) is 11.8 Å². The molecule has 0 aromatic carbocycles. The fourth-order valence-electron chi connectivity index (χ4n) is 1.86. The van der Waals surface area contributed by atoms with Crippen LogP contribution in [0.25, 0.3) is 0 Å². The maximum absolute atomic E-state index is 11.3. The Morgan fingerprint density at radius 2 is 1.93 bits per heavy atom. The maximum Gasteiger partial charge on any atom is 0.333 e. The van der Waals surface area contributed by atoms with Crippen LogP contribution >= 0.6 is 0 Å². The largest absolute Gasteiger partial charge is 0.459 e. The van der Waals surface area contributed by atoms with E-state index in [1.807, 2.05) is 0 Å². The second-order valence-corrected chi connectivity index (χ2v) is 4.58. The number of carbonyl (C=O) groups is 1. The molecule has 1 rings (SSSR count). The Balaban J connectivity index is 2.40. The van der Waals surface area contributed by atoms with E-state index in [1.165, 1.54) is 0 Å². The number of carbonyl (C=O) groups excluding carboxylic acids is 1. The molecule has 0 spiro atoms. The van der Waals surface area contributed by atoms with Gasteiger partial charge in [0.15, 0.2) is 0 Å². The van der Waals surface area contributed by atoms with Crippen LogP contribution in [0.4, 0.5) is 0 Å². The summed E-state index contributed by atoms with van der Waals surface area (Å²) < 4.78 is 5.33. The third-order valence-electron chi connectivity index (χ3n) is 3.17. The minimum Gasteiger partial charge on any atom is -0.459 e. The zero-order valence-electron chi connectivity index (χ0n) is 9.38. The van der Waals surface area contributed by atoms with E-state index in [-0.39, 0.29) is 12.1 Å². The summed E-state index contributed by atoms with van der Waals surface area (Å²) in [6.45, 7) is 9.76. The highest BCUT2D eigenvalue weighted by Gasteiger charge is 2.26. The van der Waals surface area contributed by atoms with Gasteiger partial charge in [-0.2, -0.15) is 0 Å². The van der Waals surface area contributed by atoms with Crippen LogP contribution in [0.1, 0.15) is 40.0 Å². The van der Waals surface area contributed by atoms with E-state index in [4.69, 9.17) is 4.74 Å². The molecule has 0 radical (unpaired) electrons. The van der Waals surface area contributed by atoms with E-state index in [0.29, 0.717) is 11.5 Å². The van der Waals surface area contributed by atoms with Gasteiger partial charge in [0, 0.05) is 5.57 Å². The number of hydrogen-bond acceptors (Lipinski definition) is 2. The smallest absolute Gasteiger partial charge is 0.333 e. The Morgan fingerprint density at radius 3 is 2.43 bits per heavy atom. The minimum atomic E-state index is -0.239. The molecule has 0 N–H and O–H groups in total. The fourth-order valence-corrected chi connectivity index (χ4v) is 1.86. The Bertz CT molecular complexity index is 232. The second-order valence-electron chi connectivity index (χ2n) is 4.58. The maximum atomic E-state index is 11.3. The van der Waals surface area contributed by atoms with Crippen LogP contribution in [-0.2, 0) is 9.53 Å². The second kappa shape index (κ2) is 4.63. The highest BCUT2D eigenvalue weighted by atomic mass is 16.5. The summed E-state index contributed by atoms with van der Waals surface area (Å²) in [7, 11) is 0. The molecule has 1 saturated carbocycles. The van der Waals surface area contributed by atoms with Crippen LogP contribution < -0.4 is 0 Å². The quantitative estimate of drug-likeness (QED) is 0.501. The first-order valence-corrected chi connectivity index (χ1v) is 5.37. The van der Waals surface area contributed by atoms with Crippen molar-refractivity contribution in [3.05, 3.63) is 12.2 Å². The summed E-state index contributed by atoms with van der Waals surface area (Å²) in [5, 5.41) is 0. The first-order chi connectivity index (χ1) is 6.50. The molecule has 0 amide bonds. The van der Waals surface area contributed by atoms with Crippen molar-refractivity contribution >= 4 is 5.97 Å². The van der Waals surface area contributed by atoms with Gasteiger partial charge in [-0.1, -0.05) is 20.4 Å². The third kappa shape index (κ3) is 2.86. The van der Waals surface area contributed by atoms with Crippen molar-refractivity contribution < 1.29 is 9.53 Å². The van der Waals surface area contributed by atoms with E-state index < -0.39 is 0 Å². The lowest BCUT2D eigenvalue weighted by Crippen LogP contribution is -2.28. The van der Waals surface area contributed by atoms with E-state index in [2.05, 4.69) is 20.4 Å². The van der Waals surface area contributed by atoms with Gasteiger partial charge in [0.05, 0.1) is 0 Å². The topological polar surface area (TPSA) is 26.3 Å². The van der Waals surface area contributed by atoms with Gasteiger partial charge in [0.25, 0.3) is 0 Å². The summed E-state index contributed by atoms with van der Waals surface area (Å²) in [6, 6.07) is 0. The molecule has 2 nitrogen and oxygen atoms in total. The molecule has 3 atom stereocenters. The molecule has 0 bridgehead atoms. The van der Waals surface area contributed by atoms with Gasteiger partial charge >= 0.3 is 5.97 Å². The van der Waals surface area contributed by atoms with E-state index >= 15 is 0 Å². The summed E-state index contributed by atoms with van der Waals surface area (Å²) >= 11 is 0. The summed E-state index contributed by atoms with van der Waals surface area (Å²) in [6.07, 6.45) is 3.28. The average molecular weight is 196 g/mol. The van der Waals surface area contributed by atoms with Crippen molar-refractivity contribution in [1.29, 1.82) is 0 Å². The lowest BCUT2D eigenvalue weighted by atomic mass is 9.80. The summed E-state index contributed by atoms with van der Waals surface area (Å²) in [4.78, 5) is 11.3. The SMILES string of the molecule is C=C(C)C(=O)OC1CC[C@H](C)C(C)C1. The molecule has 0 aliphatic heterocycles. The van der Waals surface area contributed by atoms with Crippen LogP contribution in [0.15, 0.2) is 12.2 Å². The van der Waals surface area contributed by atoms with Gasteiger partial charge in [0.1, 0.15) is 6.10 Å². The normalized spacial score (nSPS) is 32.4. The van der Waals surface area contributed by atoms with Gasteiger partial charge in [-0.15, -0.1) is 0 Å². The molecule has 2 heteroatoms. The predicted octanol–water partition coefficient (Wildman–Crippen LogP) is 2.93. The number of rotatable bonds is 2. The molecule has 14 heavy (non-hydrogen) atoms. The predicted molar refractivity (Wildman–Crippen MR) is 56.9 cm³/mol. The van der Waals surface area contributed by atoms with Crippen molar-refractivity contribution in [2.45, 2.75) is 46.1 Å². The summed E-state index contributed by atoms with van der Waals surface area (Å²) in [5.41, 5.74) is 0.497. The van der Waals surface area contributed by atoms with Gasteiger partial charge in [-0.25, -0.2) is 4.79 Å². The molecule has 80 valence electrons. The molecule has 1 fully saturated rings. The van der Waals surface area contributed by atoms with E-state index in [9.17, 15) is 4.79 Å². The molecule has 0 saturated heterocycles. The number of hydrogen-bond donors (Lipinski definition) is 0. The molecule has 0 aromatic rings. The van der Waals surface area contributed by atoms with Crippen LogP contribution in [0.3, 0.4) is 0 Å². The first kappa shape index (κ1) is 11.3. The van der Waals surface area contributed by atoms with Gasteiger partial charge in [-0.3, -0.25) is 0 Å². The molecule has 2 unspecified atom stereocenters. The van der Waals surface area contributed by atoms with Crippen molar-refractivity contribution in [1.82, 2.24) is 0 Å². The average Bonchev–Trinajstić information content (AvgIpc) is 2.11. The van der Waals surface area contributed by atoms with Crippen LogP contribution in [0.2, 0.25) is 0 Å². The van der Waals surface area contributed by atoms with Crippen molar-refractivity contribution in [2.75, 3.05) is 0 Å². The van der Waals surface area contributed by atoms with Gasteiger partial charge in [0.2, 0.25) is 0 Å². The zero-order valence-corrected chi connectivity index (χ0v) is 9.38. The van der Waals surface area contributed by atoms with Crippen LogP contribution in [-0.4, -0.2) is 12.1 Å². The van der Waals surface area contributed by atoms with Crippen molar-refractivity contribution in [3.8, 4) is 0 Å². The first-order valence-electron chi connectivity index (χ1n) is 5.37. The Kier molecular flexibility index (Phi) is 3.73.